The van der Waals surface area contributed by atoms with Crippen LogP contribution in [0.4, 0.5) is 5.69 Å². The van der Waals surface area contributed by atoms with Crippen LogP contribution in [-0.4, -0.2) is 34.4 Å². The average molecular weight is 230 g/mol. The summed E-state index contributed by atoms with van der Waals surface area (Å²) < 4.78 is 2.06. The van der Waals surface area contributed by atoms with Gasteiger partial charge in [0.2, 0.25) is 0 Å². The first-order valence-corrected chi connectivity index (χ1v) is 6.15. The Bertz CT molecular complexity index is 531. The molecule has 17 heavy (non-hydrogen) atoms. The maximum atomic E-state index is 5.77. The fourth-order valence-corrected chi connectivity index (χ4v) is 2.62. The summed E-state index contributed by atoms with van der Waals surface area (Å²) in [6.07, 6.45) is 6.62. The van der Waals surface area contributed by atoms with Crippen molar-refractivity contribution in [1.29, 1.82) is 0 Å². The average Bonchev–Trinajstić information content (AvgIpc) is 2.72. The SMILES string of the molecule is CN1CCCC(c2cn3ccc(N)cc3n2)C1. The molecule has 0 aliphatic carbocycles. The highest BCUT2D eigenvalue weighted by atomic mass is 15.1. The van der Waals surface area contributed by atoms with E-state index >= 15 is 0 Å². The van der Waals surface area contributed by atoms with Crippen molar-refractivity contribution in [2.75, 3.05) is 25.9 Å². The number of likely N-dealkylation sites (N-methyl/N-ethyl adjacent to an activating group) is 1. The van der Waals surface area contributed by atoms with Crippen molar-refractivity contribution in [2.45, 2.75) is 18.8 Å². The molecular weight excluding hydrogens is 212 g/mol. The Kier molecular flexibility index (Phi) is 2.52. The second-order valence-corrected chi connectivity index (χ2v) is 4.99. The van der Waals surface area contributed by atoms with Gasteiger partial charge in [0, 0.05) is 36.6 Å². The van der Waals surface area contributed by atoms with Gasteiger partial charge in [0.05, 0.1) is 5.69 Å². The van der Waals surface area contributed by atoms with Crippen molar-refractivity contribution < 1.29 is 0 Å². The predicted molar refractivity (Wildman–Crippen MR) is 69.1 cm³/mol. The highest BCUT2D eigenvalue weighted by Crippen LogP contribution is 2.25. The number of nitrogens with two attached hydrogens (primary N) is 1. The second kappa shape index (κ2) is 4.04. The van der Waals surface area contributed by atoms with Crippen LogP contribution in [-0.2, 0) is 0 Å². The molecule has 1 saturated heterocycles. The van der Waals surface area contributed by atoms with Gasteiger partial charge in [-0.3, -0.25) is 0 Å². The van der Waals surface area contributed by atoms with E-state index in [-0.39, 0.29) is 0 Å². The number of fused-ring (bicyclic) bond motifs is 1. The molecule has 0 bridgehead atoms. The van der Waals surface area contributed by atoms with Gasteiger partial charge in [-0.15, -0.1) is 0 Å². The summed E-state index contributed by atoms with van der Waals surface area (Å²) in [4.78, 5) is 7.07. The quantitative estimate of drug-likeness (QED) is 0.811. The van der Waals surface area contributed by atoms with E-state index in [2.05, 4.69) is 27.5 Å². The number of aromatic nitrogens is 2. The van der Waals surface area contributed by atoms with Crippen LogP contribution in [0.2, 0.25) is 0 Å². The molecule has 4 nitrogen and oxygen atoms in total. The van der Waals surface area contributed by atoms with Gasteiger partial charge in [-0.2, -0.15) is 0 Å². The van der Waals surface area contributed by atoms with E-state index in [9.17, 15) is 0 Å². The lowest BCUT2D eigenvalue weighted by atomic mass is 9.96. The van der Waals surface area contributed by atoms with E-state index in [0.29, 0.717) is 5.92 Å². The molecule has 1 aliphatic rings. The number of likely N-dealkylation sites (tertiary alicyclic amines) is 1. The van der Waals surface area contributed by atoms with E-state index in [0.717, 1.165) is 17.9 Å². The van der Waals surface area contributed by atoms with Gasteiger partial charge in [0.15, 0.2) is 0 Å². The van der Waals surface area contributed by atoms with Crippen molar-refractivity contribution in [2.24, 2.45) is 0 Å². The van der Waals surface area contributed by atoms with Crippen molar-refractivity contribution in [3.63, 3.8) is 0 Å². The molecule has 0 spiro atoms. The molecule has 3 rings (SSSR count). The zero-order valence-electron chi connectivity index (χ0n) is 10.1. The third-order valence-electron chi connectivity index (χ3n) is 3.55. The minimum absolute atomic E-state index is 0.565. The summed E-state index contributed by atoms with van der Waals surface area (Å²) in [5, 5.41) is 0. The molecule has 4 heteroatoms. The maximum Gasteiger partial charge on any atom is 0.139 e. The van der Waals surface area contributed by atoms with Crippen molar-refractivity contribution >= 4 is 11.3 Å². The summed E-state index contributed by atoms with van der Waals surface area (Å²) in [5.41, 5.74) is 8.69. The largest absolute Gasteiger partial charge is 0.399 e. The van der Waals surface area contributed by atoms with Crippen LogP contribution in [0.5, 0.6) is 0 Å². The van der Waals surface area contributed by atoms with Crippen LogP contribution in [0.1, 0.15) is 24.5 Å². The van der Waals surface area contributed by atoms with Crippen LogP contribution in [0.25, 0.3) is 5.65 Å². The van der Waals surface area contributed by atoms with Crippen LogP contribution in [0, 0.1) is 0 Å². The minimum Gasteiger partial charge on any atom is -0.399 e. The molecule has 1 unspecified atom stereocenters. The minimum atomic E-state index is 0.565. The lowest BCUT2D eigenvalue weighted by molar-refractivity contribution is 0.249. The first-order valence-electron chi connectivity index (χ1n) is 6.15. The zero-order valence-corrected chi connectivity index (χ0v) is 10.1. The number of rotatable bonds is 1. The normalized spacial score (nSPS) is 22.1. The first kappa shape index (κ1) is 10.6. The number of imidazole rings is 1. The number of anilines is 1. The molecule has 1 atom stereocenters. The lowest BCUT2D eigenvalue weighted by Crippen LogP contribution is -2.30. The second-order valence-electron chi connectivity index (χ2n) is 4.99. The molecule has 2 aromatic rings. The van der Waals surface area contributed by atoms with Gasteiger partial charge in [0.25, 0.3) is 0 Å². The number of nitrogen functional groups attached to an aromatic ring is 1. The molecule has 3 heterocycles. The third-order valence-corrected chi connectivity index (χ3v) is 3.55. The fraction of sp³-hybridized carbons (Fsp3) is 0.462. The summed E-state index contributed by atoms with van der Waals surface area (Å²) in [7, 11) is 2.18. The Morgan fingerprint density at radius 1 is 1.47 bits per heavy atom. The topological polar surface area (TPSA) is 46.6 Å². The van der Waals surface area contributed by atoms with E-state index in [1.807, 2.05) is 18.3 Å². The molecule has 90 valence electrons. The first-order chi connectivity index (χ1) is 8.22. The van der Waals surface area contributed by atoms with Crippen LogP contribution >= 0.6 is 0 Å². The van der Waals surface area contributed by atoms with Crippen LogP contribution in [0.15, 0.2) is 24.5 Å². The third kappa shape index (κ3) is 2.00. The van der Waals surface area contributed by atoms with Gasteiger partial charge in [0.1, 0.15) is 5.65 Å². The number of nitrogens with zero attached hydrogens (tertiary/aromatic N) is 3. The number of piperidine rings is 1. The Labute approximate surface area is 101 Å². The zero-order chi connectivity index (χ0) is 11.8. The Hall–Kier alpha value is -1.55. The molecule has 2 N–H and O–H groups in total. The van der Waals surface area contributed by atoms with E-state index in [1.165, 1.54) is 25.1 Å². The Morgan fingerprint density at radius 3 is 3.18 bits per heavy atom. The van der Waals surface area contributed by atoms with Gasteiger partial charge in [-0.1, -0.05) is 0 Å². The maximum absolute atomic E-state index is 5.77. The van der Waals surface area contributed by atoms with Gasteiger partial charge < -0.3 is 15.0 Å². The van der Waals surface area contributed by atoms with Crippen molar-refractivity contribution in [3.8, 4) is 0 Å². The molecule has 1 fully saturated rings. The van der Waals surface area contributed by atoms with Gasteiger partial charge in [-0.05, 0) is 32.5 Å². The highest BCUT2D eigenvalue weighted by Gasteiger charge is 2.21. The summed E-state index contributed by atoms with van der Waals surface area (Å²) in [6.45, 7) is 2.32. The van der Waals surface area contributed by atoms with Crippen molar-refractivity contribution in [3.05, 3.63) is 30.2 Å². The number of pyridine rings is 1. The van der Waals surface area contributed by atoms with E-state index in [4.69, 9.17) is 5.73 Å². The summed E-state index contributed by atoms with van der Waals surface area (Å²) in [6, 6.07) is 3.83. The molecule has 0 radical (unpaired) electrons. The molecule has 0 aromatic carbocycles. The van der Waals surface area contributed by atoms with Gasteiger partial charge >= 0.3 is 0 Å². The van der Waals surface area contributed by atoms with Gasteiger partial charge in [-0.25, -0.2) is 4.98 Å². The van der Waals surface area contributed by atoms with Crippen molar-refractivity contribution in [1.82, 2.24) is 14.3 Å². The Morgan fingerprint density at radius 2 is 2.35 bits per heavy atom. The fourth-order valence-electron chi connectivity index (χ4n) is 2.62. The smallest absolute Gasteiger partial charge is 0.139 e. The molecule has 1 aliphatic heterocycles. The predicted octanol–water partition coefficient (Wildman–Crippen LogP) is 1.73. The summed E-state index contributed by atoms with van der Waals surface area (Å²) in [5.74, 6) is 0.565. The standard InChI is InChI=1S/C13H18N4/c1-16-5-2-3-10(8-16)12-9-17-6-4-11(14)7-13(17)15-12/h4,6-7,9-10H,2-3,5,8,14H2,1H3. The lowest BCUT2D eigenvalue weighted by Gasteiger charge is -2.28. The monoisotopic (exact) mass is 230 g/mol. The van der Waals surface area contributed by atoms with Crippen LogP contribution in [0.3, 0.4) is 0 Å². The summed E-state index contributed by atoms with van der Waals surface area (Å²) >= 11 is 0. The molecule has 2 aromatic heterocycles. The Balaban J connectivity index is 1.94. The molecular formula is C13H18N4. The highest BCUT2D eigenvalue weighted by molar-refractivity contribution is 5.52. The van der Waals surface area contributed by atoms with E-state index < -0.39 is 0 Å². The van der Waals surface area contributed by atoms with E-state index in [1.54, 1.807) is 0 Å². The number of hydrogen-bond acceptors (Lipinski definition) is 3. The number of hydrogen-bond donors (Lipinski definition) is 1. The van der Waals surface area contributed by atoms with Crippen LogP contribution < -0.4 is 5.73 Å². The molecule has 0 amide bonds. The molecule has 0 saturated carbocycles.